The van der Waals surface area contributed by atoms with Gasteiger partial charge in [0.2, 0.25) is 0 Å². The summed E-state index contributed by atoms with van der Waals surface area (Å²) in [5.74, 6) is 4.21. The molecule has 0 bridgehead atoms. The third kappa shape index (κ3) is 6.01. The van der Waals surface area contributed by atoms with Crippen molar-refractivity contribution in [2.45, 2.75) is 32.5 Å². The van der Waals surface area contributed by atoms with Gasteiger partial charge in [-0.25, -0.2) is 4.98 Å². The van der Waals surface area contributed by atoms with Crippen LogP contribution in [0, 0.1) is 5.92 Å². The zero-order chi connectivity index (χ0) is 27.3. The maximum atomic E-state index is 5.89. The molecule has 6 rings (SSSR count). The predicted molar refractivity (Wildman–Crippen MR) is 156 cm³/mol. The van der Waals surface area contributed by atoms with E-state index in [0.29, 0.717) is 19.8 Å². The second kappa shape index (κ2) is 12.1. The Bertz CT molecular complexity index is 1410. The Morgan fingerprint density at radius 2 is 1.65 bits per heavy atom. The number of hydrogen-bond acceptors (Lipinski definition) is 6. The first-order valence-electron chi connectivity index (χ1n) is 14.1. The van der Waals surface area contributed by atoms with E-state index < -0.39 is 0 Å². The van der Waals surface area contributed by atoms with Crippen LogP contribution in [0.5, 0.6) is 17.2 Å². The van der Waals surface area contributed by atoms with E-state index >= 15 is 0 Å². The Hall–Kier alpha value is -3.81. The van der Waals surface area contributed by atoms with E-state index in [-0.39, 0.29) is 0 Å². The van der Waals surface area contributed by atoms with Gasteiger partial charge in [0.1, 0.15) is 24.8 Å². The van der Waals surface area contributed by atoms with Gasteiger partial charge in [0, 0.05) is 44.4 Å². The number of methoxy groups -OCH3 is 2. The third-order valence-corrected chi connectivity index (χ3v) is 7.59. The quantitative estimate of drug-likeness (QED) is 0.218. The first kappa shape index (κ1) is 26.4. The normalized spacial score (nSPS) is 14.5. The molecule has 2 aliphatic rings. The van der Waals surface area contributed by atoms with Gasteiger partial charge in [-0.3, -0.25) is 4.90 Å². The fourth-order valence-electron chi connectivity index (χ4n) is 5.36. The van der Waals surface area contributed by atoms with E-state index in [2.05, 4.69) is 58.0 Å². The van der Waals surface area contributed by atoms with Crippen molar-refractivity contribution in [2.75, 3.05) is 40.6 Å². The number of fused-ring (bicyclic) bond motifs is 1. The molecule has 40 heavy (non-hydrogen) atoms. The zero-order valence-electron chi connectivity index (χ0n) is 23.3. The van der Waals surface area contributed by atoms with Crippen LogP contribution in [0.3, 0.4) is 0 Å². The fraction of sp³-hybridized carbons (Fsp3) is 0.364. The lowest BCUT2D eigenvalue weighted by atomic mass is 10.1. The van der Waals surface area contributed by atoms with Crippen molar-refractivity contribution in [1.29, 1.82) is 0 Å². The molecule has 2 heterocycles. The van der Waals surface area contributed by atoms with Crippen molar-refractivity contribution in [1.82, 2.24) is 14.5 Å². The molecule has 1 fully saturated rings. The highest BCUT2D eigenvalue weighted by atomic mass is 16.6. The molecule has 3 aromatic carbocycles. The van der Waals surface area contributed by atoms with Gasteiger partial charge in [0.25, 0.3) is 0 Å². The average Bonchev–Trinajstić information content (AvgIpc) is 3.75. The molecular weight excluding hydrogens is 502 g/mol. The van der Waals surface area contributed by atoms with Crippen LogP contribution >= 0.6 is 0 Å². The Balaban J connectivity index is 1.40. The van der Waals surface area contributed by atoms with Crippen molar-refractivity contribution in [3.8, 4) is 39.9 Å². The molecule has 1 aromatic heterocycles. The molecule has 0 atom stereocenters. The van der Waals surface area contributed by atoms with Gasteiger partial charge in [-0.05, 0) is 60.7 Å². The number of hydrogen-bond donors (Lipinski definition) is 0. The Kier molecular flexibility index (Phi) is 8.02. The van der Waals surface area contributed by atoms with Crippen LogP contribution in [-0.4, -0.2) is 55.0 Å². The molecule has 1 saturated carbocycles. The number of imidazole rings is 1. The molecular formula is C33H37N3O4. The van der Waals surface area contributed by atoms with Crippen LogP contribution in [0.4, 0.5) is 0 Å². The van der Waals surface area contributed by atoms with E-state index in [1.165, 1.54) is 24.1 Å². The number of aromatic nitrogens is 2. The van der Waals surface area contributed by atoms with Gasteiger partial charge in [0.15, 0.2) is 11.5 Å². The van der Waals surface area contributed by atoms with Gasteiger partial charge in [-0.1, -0.05) is 36.4 Å². The Labute approximate surface area is 236 Å². The smallest absolute Gasteiger partial charge is 0.161 e. The first-order valence-corrected chi connectivity index (χ1v) is 14.1. The Morgan fingerprint density at radius 1 is 0.875 bits per heavy atom. The molecule has 0 spiro atoms. The number of rotatable bonds is 12. The largest absolute Gasteiger partial charge is 0.497 e. The van der Waals surface area contributed by atoms with Crippen LogP contribution in [0.15, 0.2) is 72.8 Å². The van der Waals surface area contributed by atoms with Crippen LogP contribution in [-0.2, 0) is 24.4 Å². The van der Waals surface area contributed by atoms with Crippen LogP contribution in [0.25, 0.3) is 22.6 Å². The number of ether oxygens (including phenoxy) is 4. The van der Waals surface area contributed by atoms with Crippen molar-refractivity contribution in [3.05, 3.63) is 84.1 Å². The highest BCUT2D eigenvalue weighted by Gasteiger charge is 2.28. The van der Waals surface area contributed by atoms with Crippen molar-refractivity contribution in [2.24, 2.45) is 5.92 Å². The molecule has 0 radical (unpaired) electrons. The summed E-state index contributed by atoms with van der Waals surface area (Å²) in [6.07, 6.45) is 2.59. The van der Waals surface area contributed by atoms with Crippen molar-refractivity contribution < 1.29 is 18.9 Å². The summed E-state index contributed by atoms with van der Waals surface area (Å²) in [6, 6.07) is 25.0. The summed E-state index contributed by atoms with van der Waals surface area (Å²) >= 11 is 0. The summed E-state index contributed by atoms with van der Waals surface area (Å²) in [6.45, 7) is 5.17. The molecule has 1 aliphatic carbocycles. The van der Waals surface area contributed by atoms with E-state index in [1.807, 2.05) is 24.3 Å². The second-order valence-corrected chi connectivity index (χ2v) is 10.6. The molecule has 1 aliphatic heterocycles. The lowest BCUT2D eigenvalue weighted by molar-refractivity contribution is 0.170. The molecule has 208 valence electrons. The highest BCUT2D eigenvalue weighted by Crippen LogP contribution is 2.36. The summed E-state index contributed by atoms with van der Waals surface area (Å²) in [5.41, 5.74) is 5.59. The SMILES string of the molecule is COCCn1c(-c2ccccc2)nc(-c2ccc(OC)cc2)c1CN(Cc1ccc2c(c1)OCCO2)CC1CC1. The van der Waals surface area contributed by atoms with Gasteiger partial charge in [-0.15, -0.1) is 0 Å². The molecule has 7 nitrogen and oxygen atoms in total. The zero-order valence-corrected chi connectivity index (χ0v) is 23.3. The second-order valence-electron chi connectivity index (χ2n) is 10.6. The van der Waals surface area contributed by atoms with Crippen LogP contribution in [0.2, 0.25) is 0 Å². The molecule has 0 unspecified atom stereocenters. The molecule has 7 heteroatoms. The maximum Gasteiger partial charge on any atom is 0.161 e. The summed E-state index contributed by atoms with van der Waals surface area (Å²) in [4.78, 5) is 7.84. The van der Waals surface area contributed by atoms with E-state index in [4.69, 9.17) is 23.9 Å². The summed E-state index contributed by atoms with van der Waals surface area (Å²) < 4.78 is 25.0. The standard InChI is InChI=1S/C33H37N3O4/c1-37-17-16-36-29(23-35(21-24-8-9-24)22-25-10-15-30-31(20-25)40-19-18-39-30)32(26-11-13-28(38-2)14-12-26)34-33(36)27-6-4-3-5-7-27/h3-7,10-15,20,24H,8-9,16-19,21-23H2,1-2H3. The Morgan fingerprint density at radius 3 is 2.38 bits per heavy atom. The van der Waals surface area contributed by atoms with Gasteiger partial charge < -0.3 is 23.5 Å². The minimum absolute atomic E-state index is 0.592. The highest BCUT2D eigenvalue weighted by molar-refractivity contribution is 5.69. The van der Waals surface area contributed by atoms with Crippen molar-refractivity contribution in [3.63, 3.8) is 0 Å². The van der Waals surface area contributed by atoms with E-state index in [0.717, 1.165) is 72.0 Å². The lowest BCUT2D eigenvalue weighted by Gasteiger charge is -2.25. The van der Waals surface area contributed by atoms with Crippen molar-refractivity contribution >= 4 is 0 Å². The number of benzene rings is 3. The summed E-state index contributed by atoms with van der Waals surface area (Å²) in [5, 5.41) is 0. The molecule has 0 N–H and O–H groups in total. The van der Waals surface area contributed by atoms with Crippen LogP contribution in [0.1, 0.15) is 24.1 Å². The van der Waals surface area contributed by atoms with Gasteiger partial charge in [0.05, 0.1) is 25.1 Å². The predicted octanol–water partition coefficient (Wildman–Crippen LogP) is 6.06. The summed E-state index contributed by atoms with van der Waals surface area (Å²) in [7, 11) is 3.45. The molecule has 0 amide bonds. The van der Waals surface area contributed by atoms with Gasteiger partial charge in [-0.2, -0.15) is 0 Å². The average molecular weight is 540 g/mol. The minimum Gasteiger partial charge on any atom is -0.497 e. The van der Waals surface area contributed by atoms with Gasteiger partial charge >= 0.3 is 0 Å². The fourth-order valence-corrected chi connectivity index (χ4v) is 5.36. The third-order valence-electron chi connectivity index (χ3n) is 7.59. The lowest BCUT2D eigenvalue weighted by Crippen LogP contribution is -2.27. The molecule has 0 saturated heterocycles. The maximum absolute atomic E-state index is 5.89. The topological polar surface area (TPSA) is 58.0 Å². The van der Waals surface area contributed by atoms with E-state index in [1.54, 1.807) is 14.2 Å². The monoisotopic (exact) mass is 539 g/mol. The first-order chi connectivity index (χ1) is 19.7. The minimum atomic E-state index is 0.592. The van der Waals surface area contributed by atoms with Crippen LogP contribution < -0.4 is 14.2 Å². The number of nitrogens with zero attached hydrogens (tertiary/aromatic N) is 3. The molecule has 4 aromatic rings. The van der Waals surface area contributed by atoms with E-state index in [9.17, 15) is 0 Å².